The normalized spacial score (nSPS) is 10.2. The molecule has 0 bridgehead atoms. The second kappa shape index (κ2) is 5.52. The number of halogens is 1. The van der Waals surface area contributed by atoms with Gasteiger partial charge in [-0.3, -0.25) is 0 Å². The molecular weight excluding hydrogens is 245 g/mol. The van der Waals surface area contributed by atoms with E-state index in [2.05, 4.69) is 0 Å². The van der Waals surface area contributed by atoms with Crippen molar-refractivity contribution in [1.29, 1.82) is 0 Å². The Morgan fingerprint density at radius 2 is 1.89 bits per heavy atom. The first-order chi connectivity index (χ1) is 9.08. The van der Waals surface area contributed by atoms with Crippen molar-refractivity contribution in [3.8, 4) is 0 Å². The average molecular weight is 259 g/mol. The van der Waals surface area contributed by atoms with E-state index in [-0.39, 0.29) is 5.56 Å². The summed E-state index contributed by atoms with van der Waals surface area (Å²) in [6, 6.07) is 13.4. The molecule has 1 N–H and O–H groups in total. The predicted octanol–water partition coefficient (Wildman–Crippen LogP) is 3.16. The minimum atomic E-state index is -1.05. The van der Waals surface area contributed by atoms with Crippen LogP contribution in [0.1, 0.15) is 15.9 Å². The largest absolute Gasteiger partial charge is 0.478 e. The van der Waals surface area contributed by atoms with E-state index in [4.69, 9.17) is 5.11 Å². The molecule has 0 aromatic heterocycles. The first kappa shape index (κ1) is 13.1. The molecule has 0 saturated heterocycles. The van der Waals surface area contributed by atoms with Gasteiger partial charge in [-0.1, -0.05) is 18.2 Å². The van der Waals surface area contributed by atoms with Crippen LogP contribution in [0.15, 0.2) is 48.5 Å². The second-order valence-electron chi connectivity index (χ2n) is 4.30. The molecule has 0 fully saturated rings. The molecule has 0 unspecified atom stereocenters. The summed E-state index contributed by atoms with van der Waals surface area (Å²) in [4.78, 5) is 12.7. The fraction of sp³-hybridized carbons (Fsp3) is 0.133. The predicted molar refractivity (Wildman–Crippen MR) is 71.9 cm³/mol. The van der Waals surface area contributed by atoms with Crippen LogP contribution in [0, 0.1) is 5.82 Å². The molecule has 4 heteroatoms. The van der Waals surface area contributed by atoms with Crippen molar-refractivity contribution in [3.63, 3.8) is 0 Å². The highest BCUT2D eigenvalue weighted by Crippen LogP contribution is 2.17. The maximum atomic E-state index is 13.7. The molecule has 0 atom stereocenters. The van der Waals surface area contributed by atoms with Crippen LogP contribution in [0.25, 0.3) is 0 Å². The first-order valence-electron chi connectivity index (χ1n) is 5.86. The summed E-state index contributed by atoms with van der Waals surface area (Å²) in [7, 11) is 1.84. The van der Waals surface area contributed by atoms with E-state index in [1.807, 2.05) is 42.3 Å². The molecule has 0 aliphatic rings. The van der Waals surface area contributed by atoms with Gasteiger partial charge in [-0.2, -0.15) is 0 Å². The molecule has 2 rings (SSSR count). The van der Waals surface area contributed by atoms with Crippen LogP contribution < -0.4 is 4.90 Å². The van der Waals surface area contributed by atoms with E-state index >= 15 is 0 Å². The molecule has 2 aromatic carbocycles. The minimum Gasteiger partial charge on any atom is -0.478 e. The van der Waals surface area contributed by atoms with Gasteiger partial charge in [0.1, 0.15) is 5.82 Å². The van der Waals surface area contributed by atoms with Gasteiger partial charge in [-0.25, -0.2) is 9.18 Å². The fourth-order valence-corrected chi connectivity index (χ4v) is 1.86. The third-order valence-electron chi connectivity index (χ3n) is 2.90. The topological polar surface area (TPSA) is 40.5 Å². The van der Waals surface area contributed by atoms with Crippen LogP contribution in [0.5, 0.6) is 0 Å². The summed E-state index contributed by atoms with van der Waals surface area (Å²) in [6.07, 6.45) is 0. The molecule has 0 aliphatic heterocycles. The Bertz CT molecular complexity index is 584. The lowest BCUT2D eigenvalue weighted by molar-refractivity contribution is 0.0696. The van der Waals surface area contributed by atoms with Crippen molar-refractivity contribution in [2.45, 2.75) is 6.54 Å². The lowest BCUT2D eigenvalue weighted by atomic mass is 10.1. The van der Waals surface area contributed by atoms with Crippen molar-refractivity contribution in [1.82, 2.24) is 0 Å². The van der Waals surface area contributed by atoms with E-state index in [0.717, 1.165) is 5.69 Å². The Morgan fingerprint density at radius 1 is 1.21 bits per heavy atom. The van der Waals surface area contributed by atoms with Crippen LogP contribution in [0.2, 0.25) is 0 Å². The molecule has 2 aromatic rings. The lowest BCUT2D eigenvalue weighted by Crippen LogP contribution is -2.17. The zero-order valence-corrected chi connectivity index (χ0v) is 10.5. The number of carboxylic acid groups (broad SMARTS) is 1. The van der Waals surface area contributed by atoms with Crippen LogP contribution in [0.3, 0.4) is 0 Å². The summed E-state index contributed by atoms with van der Waals surface area (Å²) in [5.74, 6) is -1.45. The van der Waals surface area contributed by atoms with Crippen molar-refractivity contribution in [3.05, 3.63) is 65.5 Å². The number of carboxylic acids is 1. The van der Waals surface area contributed by atoms with Crippen LogP contribution in [-0.2, 0) is 6.54 Å². The maximum absolute atomic E-state index is 13.7. The molecule has 0 spiro atoms. The Kier molecular flexibility index (Phi) is 3.80. The molecule has 19 heavy (non-hydrogen) atoms. The molecular formula is C15H14FNO2. The lowest BCUT2D eigenvalue weighted by Gasteiger charge is -2.19. The summed E-state index contributed by atoms with van der Waals surface area (Å²) >= 11 is 0. The molecule has 0 amide bonds. The maximum Gasteiger partial charge on any atom is 0.335 e. The van der Waals surface area contributed by atoms with Crippen molar-refractivity contribution in [2.75, 3.05) is 11.9 Å². The van der Waals surface area contributed by atoms with Crippen molar-refractivity contribution >= 4 is 11.7 Å². The number of aromatic carboxylic acids is 1. The van der Waals surface area contributed by atoms with Crippen molar-refractivity contribution in [2.24, 2.45) is 0 Å². The number of anilines is 1. The van der Waals surface area contributed by atoms with Gasteiger partial charge >= 0.3 is 5.97 Å². The Hall–Kier alpha value is -2.36. The Balaban J connectivity index is 2.23. The molecule has 3 nitrogen and oxygen atoms in total. The molecule has 98 valence electrons. The van der Waals surface area contributed by atoms with E-state index in [1.54, 1.807) is 0 Å². The van der Waals surface area contributed by atoms with Crippen molar-refractivity contribution < 1.29 is 14.3 Å². The van der Waals surface area contributed by atoms with Crippen LogP contribution in [-0.4, -0.2) is 18.1 Å². The highest BCUT2D eigenvalue weighted by atomic mass is 19.1. The summed E-state index contributed by atoms with van der Waals surface area (Å²) in [5, 5.41) is 8.92. The summed E-state index contributed by atoms with van der Waals surface area (Å²) in [6.45, 7) is 0.316. The van der Waals surface area contributed by atoms with Gasteiger partial charge in [0, 0.05) is 24.8 Å². The highest BCUT2D eigenvalue weighted by Gasteiger charge is 2.10. The number of hydrogen-bond acceptors (Lipinski definition) is 2. The third kappa shape index (κ3) is 3.10. The number of nitrogens with zero attached hydrogens (tertiary/aromatic N) is 1. The van der Waals surface area contributed by atoms with Crippen LogP contribution >= 0.6 is 0 Å². The number of para-hydroxylation sites is 1. The zero-order chi connectivity index (χ0) is 13.8. The average Bonchev–Trinajstić information content (AvgIpc) is 2.42. The molecule has 0 aliphatic carbocycles. The molecule has 0 heterocycles. The number of carbonyl (C=O) groups is 1. The van der Waals surface area contributed by atoms with E-state index in [9.17, 15) is 9.18 Å². The Labute approximate surface area is 110 Å². The van der Waals surface area contributed by atoms with Gasteiger partial charge in [-0.05, 0) is 30.3 Å². The zero-order valence-electron chi connectivity index (χ0n) is 10.5. The number of hydrogen-bond donors (Lipinski definition) is 1. The van der Waals surface area contributed by atoms with E-state index < -0.39 is 11.8 Å². The number of rotatable bonds is 4. The van der Waals surface area contributed by atoms with Gasteiger partial charge in [0.05, 0.1) is 5.56 Å². The first-order valence-corrected chi connectivity index (χ1v) is 5.86. The van der Waals surface area contributed by atoms with Gasteiger partial charge in [0.15, 0.2) is 0 Å². The van der Waals surface area contributed by atoms with Gasteiger partial charge in [0.25, 0.3) is 0 Å². The molecule has 0 radical (unpaired) electrons. The third-order valence-corrected chi connectivity index (χ3v) is 2.90. The van der Waals surface area contributed by atoms with E-state index in [1.165, 1.54) is 18.2 Å². The SMILES string of the molecule is CN(Cc1cc(C(=O)O)ccc1F)c1ccccc1. The van der Waals surface area contributed by atoms with Gasteiger partial charge < -0.3 is 10.0 Å². The summed E-state index contributed by atoms with van der Waals surface area (Å²) in [5.41, 5.74) is 1.41. The number of benzene rings is 2. The van der Waals surface area contributed by atoms with Gasteiger partial charge in [-0.15, -0.1) is 0 Å². The van der Waals surface area contributed by atoms with E-state index in [0.29, 0.717) is 12.1 Å². The Morgan fingerprint density at radius 3 is 2.53 bits per heavy atom. The van der Waals surface area contributed by atoms with Gasteiger partial charge in [0.2, 0.25) is 0 Å². The smallest absolute Gasteiger partial charge is 0.335 e. The summed E-state index contributed by atoms with van der Waals surface area (Å²) < 4.78 is 13.7. The minimum absolute atomic E-state index is 0.0952. The second-order valence-corrected chi connectivity index (χ2v) is 4.30. The monoisotopic (exact) mass is 259 g/mol. The highest BCUT2D eigenvalue weighted by molar-refractivity contribution is 5.87. The standard InChI is InChI=1S/C15H14FNO2/c1-17(13-5-3-2-4-6-13)10-12-9-11(15(18)19)7-8-14(12)16/h2-9H,10H2,1H3,(H,18,19). The fourth-order valence-electron chi connectivity index (χ4n) is 1.86. The molecule has 0 saturated carbocycles. The van der Waals surface area contributed by atoms with Crippen LogP contribution in [0.4, 0.5) is 10.1 Å². The quantitative estimate of drug-likeness (QED) is 0.916.